The molecule has 1 rings (SSSR count). The molecule has 0 saturated heterocycles. The zero-order chi connectivity index (χ0) is 11.3. The van der Waals surface area contributed by atoms with E-state index in [0.29, 0.717) is 6.42 Å². The van der Waals surface area contributed by atoms with E-state index in [9.17, 15) is 4.79 Å². The van der Waals surface area contributed by atoms with Gasteiger partial charge in [0, 0.05) is 6.54 Å². The molecular formula is C12H17NO2. The predicted octanol–water partition coefficient (Wildman–Crippen LogP) is 1.45. The summed E-state index contributed by atoms with van der Waals surface area (Å²) in [5.74, 6) is -1.29. The monoisotopic (exact) mass is 207 g/mol. The Labute approximate surface area is 89.9 Å². The van der Waals surface area contributed by atoms with Crippen LogP contribution in [0.5, 0.6) is 0 Å². The quantitative estimate of drug-likeness (QED) is 0.768. The number of carbonyl (C=O) groups is 1. The molecule has 82 valence electrons. The Morgan fingerprint density at radius 3 is 2.47 bits per heavy atom. The highest BCUT2D eigenvalue weighted by Gasteiger charge is 2.16. The van der Waals surface area contributed by atoms with Crippen molar-refractivity contribution in [3.63, 3.8) is 0 Å². The molecule has 0 heterocycles. The molecule has 0 aromatic heterocycles. The average molecular weight is 207 g/mol. The van der Waals surface area contributed by atoms with E-state index in [2.05, 4.69) is 6.92 Å². The standard InChI is InChI=1S/C12H17NO2/c1-2-9-5-3-4-6-10(9)7-11(8-13)12(14)15/h3-6,11H,2,7-8,13H2,1H3,(H,14,15). The molecule has 3 heteroatoms. The molecule has 0 spiro atoms. The molecule has 1 aromatic rings. The number of aryl methyl sites for hydroxylation is 1. The van der Waals surface area contributed by atoms with Crippen molar-refractivity contribution in [2.45, 2.75) is 19.8 Å². The topological polar surface area (TPSA) is 63.3 Å². The molecule has 1 aromatic carbocycles. The first kappa shape index (κ1) is 11.7. The normalized spacial score (nSPS) is 12.4. The van der Waals surface area contributed by atoms with E-state index in [1.165, 1.54) is 5.56 Å². The maximum Gasteiger partial charge on any atom is 0.308 e. The minimum absolute atomic E-state index is 0.188. The van der Waals surface area contributed by atoms with E-state index in [-0.39, 0.29) is 6.54 Å². The van der Waals surface area contributed by atoms with Crippen LogP contribution in [0.3, 0.4) is 0 Å². The van der Waals surface area contributed by atoms with Crippen molar-refractivity contribution in [2.75, 3.05) is 6.54 Å². The lowest BCUT2D eigenvalue weighted by molar-refractivity contribution is -0.141. The fourth-order valence-electron chi connectivity index (χ4n) is 1.64. The molecular weight excluding hydrogens is 190 g/mol. The van der Waals surface area contributed by atoms with Crippen molar-refractivity contribution in [3.05, 3.63) is 35.4 Å². The maximum atomic E-state index is 10.9. The Morgan fingerprint density at radius 2 is 2.00 bits per heavy atom. The number of rotatable bonds is 5. The minimum atomic E-state index is -0.816. The second kappa shape index (κ2) is 5.51. The lowest BCUT2D eigenvalue weighted by atomic mass is 9.95. The largest absolute Gasteiger partial charge is 0.481 e. The van der Waals surface area contributed by atoms with Crippen molar-refractivity contribution >= 4 is 5.97 Å². The van der Waals surface area contributed by atoms with Crippen LogP contribution in [0.1, 0.15) is 18.1 Å². The highest BCUT2D eigenvalue weighted by atomic mass is 16.4. The van der Waals surface area contributed by atoms with E-state index in [0.717, 1.165) is 12.0 Å². The Balaban J connectivity index is 2.82. The van der Waals surface area contributed by atoms with Gasteiger partial charge < -0.3 is 10.8 Å². The van der Waals surface area contributed by atoms with Gasteiger partial charge in [-0.05, 0) is 24.0 Å². The van der Waals surface area contributed by atoms with Crippen LogP contribution in [0.2, 0.25) is 0 Å². The fraction of sp³-hybridized carbons (Fsp3) is 0.417. The SMILES string of the molecule is CCc1ccccc1CC(CN)C(=O)O. The molecule has 3 N–H and O–H groups in total. The summed E-state index contributed by atoms with van der Waals surface area (Å²) in [6.07, 6.45) is 1.45. The molecule has 0 amide bonds. The highest BCUT2D eigenvalue weighted by molar-refractivity contribution is 5.70. The van der Waals surface area contributed by atoms with Crippen molar-refractivity contribution in [1.82, 2.24) is 0 Å². The van der Waals surface area contributed by atoms with E-state index in [1.54, 1.807) is 0 Å². The number of benzene rings is 1. The van der Waals surface area contributed by atoms with E-state index >= 15 is 0 Å². The average Bonchev–Trinajstić information content (AvgIpc) is 2.25. The molecule has 0 bridgehead atoms. The number of nitrogens with two attached hydrogens (primary N) is 1. The van der Waals surface area contributed by atoms with Gasteiger partial charge in [-0.15, -0.1) is 0 Å². The van der Waals surface area contributed by atoms with Gasteiger partial charge in [-0.1, -0.05) is 31.2 Å². The van der Waals surface area contributed by atoms with Gasteiger partial charge in [0.1, 0.15) is 0 Å². The number of aliphatic carboxylic acids is 1. The molecule has 15 heavy (non-hydrogen) atoms. The van der Waals surface area contributed by atoms with Gasteiger partial charge in [-0.2, -0.15) is 0 Å². The second-order valence-corrected chi connectivity index (χ2v) is 3.60. The number of hydrogen-bond acceptors (Lipinski definition) is 2. The van der Waals surface area contributed by atoms with Crippen LogP contribution >= 0.6 is 0 Å². The number of hydrogen-bond donors (Lipinski definition) is 2. The number of carboxylic acids is 1. The lowest BCUT2D eigenvalue weighted by Crippen LogP contribution is -2.25. The lowest BCUT2D eigenvalue weighted by Gasteiger charge is -2.12. The summed E-state index contributed by atoms with van der Waals surface area (Å²) in [5, 5.41) is 8.92. The molecule has 0 aliphatic carbocycles. The first-order valence-corrected chi connectivity index (χ1v) is 5.18. The Bertz CT molecular complexity index is 336. The van der Waals surface area contributed by atoms with Gasteiger partial charge in [-0.25, -0.2) is 0 Å². The maximum absolute atomic E-state index is 10.9. The van der Waals surface area contributed by atoms with Crippen molar-refractivity contribution in [2.24, 2.45) is 11.7 Å². The first-order valence-electron chi connectivity index (χ1n) is 5.18. The Kier molecular flexibility index (Phi) is 4.31. The molecule has 1 atom stereocenters. The summed E-state index contributed by atoms with van der Waals surface area (Å²) in [6, 6.07) is 7.92. The smallest absolute Gasteiger partial charge is 0.308 e. The number of carboxylic acid groups (broad SMARTS) is 1. The summed E-state index contributed by atoms with van der Waals surface area (Å²) >= 11 is 0. The molecule has 0 saturated carbocycles. The van der Waals surface area contributed by atoms with Crippen LogP contribution in [0.25, 0.3) is 0 Å². The molecule has 3 nitrogen and oxygen atoms in total. The molecule has 0 aliphatic heterocycles. The van der Waals surface area contributed by atoms with Crippen molar-refractivity contribution in [1.29, 1.82) is 0 Å². The summed E-state index contributed by atoms with van der Waals surface area (Å²) < 4.78 is 0. The third kappa shape index (κ3) is 3.06. The van der Waals surface area contributed by atoms with Gasteiger partial charge in [0.2, 0.25) is 0 Å². The Hall–Kier alpha value is -1.35. The summed E-state index contributed by atoms with van der Waals surface area (Å²) in [4.78, 5) is 10.9. The predicted molar refractivity (Wildman–Crippen MR) is 59.7 cm³/mol. The molecule has 0 radical (unpaired) electrons. The van der Waals surface area contributed by atoms with Crippen LogP contribution in [0.15, 0.2) is 24.3 Å². The van der Waals surface area contributed by atoms with Crippen LogP contribution in [0, 0.1) is 5.92 Å². The molecule has 0 fully saturated rings. The second-order valence-electron chi connectivity index (χ2n) is 3.60. The van der Waals surface area contributed by atoms with Crippen LogP contribution in [0.4, 0.5) is 0 Å². The molecule has 1 unspecified atom stereocenters. The summed E-state index contributed by atoms with van der Waals surface area (Å²) in [6.45, 7) is 2.25. The Morgan fingerprint density at radius 1 is 1.40 bits per heavy atom. The van der Waals surface area contributed by atoms with Gasteiger partial charge in [0.15, 0.2) is 0 Å². The zero-order valence-corrected chi connectivity index (χ0v) is 8.94. The van der Waals surface area contributed by atoms with E-state index < -0.39 is 11.9 Å². The van der Waals surface area contributed by atoms with E-state index in [1.807, 2.05) is 24.3 Å². The van der Waals surface area contributed by atoms with Gasteiger partial charge in [-0.3, -0.25) is 4.79 Å². The van der Waals surface area contributed by atoms with E-state index in [4.69, 9.17) is 10.8 Å². The third-order valence-corrected chi connectivity index (χ3v) is 2.60. The first-order chi connectivity index (χ1) is 7.19. The van der Waals surface area contributed by atoms with Gasteiger partial charge in [0.25, 0.3) is 0 Å². The fourth-order valence-corrected chi connectivity index (χ4v) is 1.64. The summed E-state index contributed by atoms with van der Waals surface area (Å²) in [5.41, 5.74) is 7.73. The van der Waals surface area contributed by atoms with Crippen LogP contribution in [-0.4, -0.2) is 17.6 Å². The highest BCUT2D eigenvalue weighted by Crippen LogP contribution is 2.14. The summed E-state index contributed by atoms with van der Waals surface area (Å²) in [7, 11) is 0. The van der Waals surface area contributed by atoms with Crippen LogP contribution < -0.4 is 5.73 Å². The minimum Gasteiger partial charge on any atom is -0.481 e. The third-order valence-electron chi connectivity index (χ3n) is 2.60. The van der Waals surface area contributed by atoms with Crippen molar-refractivity contribution in [3.8, 4) is 0 Å². The van der Waals surface area contributed by atoms with Gasteiger partial charge in [0.05, 0.1) is 5.92 Å². The van der Waals surface area contributed by atoms with Crippen LogP contribution in [-0.2, 0) is 17.6 Å². The zero-order valence-electron chi connectivity index (χ0n) is 8.94. The molecule has 0 aliphatic rings. The van der Waals surface area contributed by atoms with Crippen molar-refractivity contribution < 1.29 is 9.90 Å². The van der Waals surface area contributed by atoms with Gasteiger partial charge >= 0.3 is 5.97 Å².